The highest BCUT2D eigenvalue weighted by Crippen LogP contribution is 2.13. The van der Waals surface area contributed by atoms with Gasteiger partial charge in [-0.05, 0) is 33.6 Å². The molecule has 98 valence electrons. The van der Waals surface area contributed by atoms with Crippen molar-refractivity contribution < 1.29 is 9.90 Å². The average molecular weight is 231 g/mol. The fourth-order valence-electron chi connectivity index (χ4n) is 1.11. The third-order valence-corrected chi connectivity index (χ3v) is 2.43. The lowest BCUT2D eigenvalue weighted by atomic mass is 10.1. The molecule has 0 spiro atoms. The van der Waals surface area contributed by atoms with Crippen molar-refractivity contribution in [3.63, 3.8) is 0 Å². The van der Waals surface area contributed by atoms with Crippen molar-refractivity contribution in [2.75, 3.05) is 13.7 Å². The molecule has 0 unspecified atom stereocenters. The number of hydrogen-bond acceptors (Lipinski definition) is 2. The maximum atomic E-state index is 11.6. The second-order valence-corrected chi connectivity index (χ2v) is 4.66. The monoisotopic (exact) mass is 231 g/mol. The van der Waals surface area contributed by atoms with Crippen LogP contribution in [0.1, 0.15) is 60.3 Å². The lowest BCUT2D eigenvalue weighted by Crippen LogP contribution is -2.42. The van der Waals surface area contributed by atoms with Gasteiger partial charge in [0.1, 0.15) is 0 Å². The van der Waals surface area contributed by atoms with Crippen molar-refractivity contribution in [1.82, 2.24) is 4.90 Å². The largest absolute Gasteiger partial charge is 0.396 e. The Morgan fingerprint density at radius 3 is 2.00 bits per heavy atom. The third kappa shape index (κ3) is 8.72. The SMILES string of the molecule is CC.CN(C(=O)CCCCCO)C(C)(C)C. The predicted octanol–water partition coefficient (Wildman–Crippen LogP) is 2.82. The fraction of sp³-hybridized carbons (Fsp3) is 0.923. The van der Waals surface area contributed by atoms with E-state index in [1.165, 1.54) is 0 Å². The van der Waals surface area contributed by atoms with Gasteiger partial charge >= 0.3 is 0 Å². The van der Waals surface area contributed by atoms with Gasteiger partial charge in [0.15, 0.2) is 0 Å². The van der Waals surface area contributed by atoms with E-state index in [1.807, 2.05) is 41.7 Å². The molecule has 1 amide bonds. The molecule has 0 aromatic rings. The highest BCUT2D eigenvalue weighted by Gasteiger charge is 2.21. The van der Waals surface area contributed by atoms with Gasteiger partial charge in [-0.25, -0.2) is 0 Å². The molecule has 3 nitrogen and oxygen atoms in total. The molecule has 0 bridgehead atoms. The smallest absolute Gasteiger partial charge is 0.222 e. The molecule has 16 heavy (non-hydrogen) atoms. The summed E-state index contributed by atoms with van der Waals surface area (Å²) < 4.78 is 0. The Morgan fingerprint density at radius 2 is 1.62 bits per heavy atom. The Bertz CT molecular complexity index is 173. The Balaban J connectivity index is 0. The molecule has 0 radical (unpaired) electrons. The lowest BCUT2D eigenvalue weighted by Gasteiger charge is -2.32. The van der Waals surface area contributed by atoms with E-state index in [1.54, 1.807) is 4.90 Å². The molecule has 0 aliphatic carbocycles. The first-order valence-electron chi connectivity index (χ1n) is 6.27. The van der Waals surface area contributed by atoms with Gasteiger partial charge in [0.2, 0.25) is 5.91 Å². The summed E-state index contributed by atoms with van der Waals surface area (Å²) in [6.07, 6.45) is 3.19. The van der Waals surface area contributed by atoms with Crippen molar-refractivity contribution in [1.29, 1.82) is 0 Å². The van der Waals surface area contributed by atoms with E-state index in [9.17, 15) is 4.79 Å². The Labute approximate surface area is 101 Å². The zero-order chi connectivity index (χ0) is 13.2. The summed E-state index contributed by atoms with van der Waals surface area (Å²) in [4.78, 5) is 13.4. The van der Waals surface area contributed by atoms with Gasteiger partial charge in [0, 0.05) is 25.6 Å². The molecule has 0 saturated heterocycles. The number of unbranched alkanes of at least 4 members (excludes halogenated alkanes) is 2. The highest BCUT2D eigenvalue weighted by atomic mass is 16.2. The summed E-state index contributed by atoms with van der Waals surface area (Å²) in [5, 5.41) is 8.57. The van der Waals surface area contributed by atoms with Crippen LogP contribution < -0.4 is 0 Å². The molecule has 0 aliphatic rings. The first-order chi connectivity index (χ1) is 7.39. The quantitative estimate of drug-likeness (QED) is 0.739. The average Bonchev–Trinajstić information content (AvgIpc) is 2.24. The molecule has 0 fully saturated rings. The maximum absolute atomic E-state index is 11.6. The summed E-state index contributed by atoms with van der Waals surface area (Å²) >= 11 is 0. The normalized spacial score (nSPS) is 10.4. The van der Waals surface area contributed by atoms with Crippen LogP contribution in [0.25, 0.3) is 0 Å². The van der Waals surface area contributed by atoms with Crippen LogP contribution in [0.2, 0.25) is 0 Å². The lowest BCUT2D eigenvalue weighted by molar-refractivity contribution is -0.134. The van der Waals surface area contributed by atoms with Gasteiger partial charge in [0.05, 0.1) is 0 Å². The molecule has 0 aliphatic heterocycles. The molecule has 0 saturated carbocycles. The number of nitrogens with zero attached hydrogens (tertiary/aromatic N) is 1. The molecular weight excluding hydrogens is 202 g/mol. The van der Waals surface area contributed by atoms with E-state index >= 15 is 0 Å². The van der Waals surface area contributed by atoms with Crippen LogP contribution in [-0.4, -0.2) is 35.1 Å². The fourth-order valence-corrected chi connectivity index (χ4v) is 1.11. The second kappa shape index (κ2) is 9.64. The van der Waals surface area contributed by atoms with Crippen LogP contribution in [0, 0.1) is 0 Å². The van der Waals surface area contributed by atoms with E-state index in [0.717, 1.165) is 19.3 Å². The van der Waals surface area contributed by atoms with E-state index in [-0.39, 0.29) is 18.1 Å². The van der Waals surface area contributed by atoms with Crippen LogP contribution in [0.4, 0.5) is 0 Å². The highest BCUT2D eigenvalue weighted by molar-refractivity contribution is 5.76. The van der Waals surface area contributed by atoms with Gasteiger partial charge in [-0.2, -0.15) is 0 Å². The number of amides is 1. The molecule has 0 aromatic heterocycles. The van der Waals surface area contributed by atoms with Gasteiger partial charge in [0.25, 0.3) is 0 Å². The van der Waals surface area contributed by atoms with E-state index in [4.69, 9.17) is 5.11 Å². The van der Waals surface area contributed by atoms with Crippen molar-refractivity contribution in [2.45, 2.75) is 65.8 Å². The van der Waals surface area contributed by atoms with Crippen molar-refractivity contribution >= 4 is 5.91 Å². The number of carbonyl (C=O) groups excluding carboxylic acids is 1. The summed E-state index contributed by atoms with van der Waals surface area (Å²) in [5.74, 6) is 0.190. The minimum absolute atomic E-state index is 0.0892. The van der Waals surface area contributed by atoms with Crippen LogP contribution >= 0.6 is 0 Å². The number of carbonyl (C=O) groups is 1. The van der Waals surface area contributed by atoms with E-state index in [0.29, 0.717) is 6.42 Å². The van der Waals surface area contributed by atoms with Gasteiger partial charge in [-0.3, -0.25) is 4.79 Å². The summed E-state index contributed by atoms with van der Waals surface area (Å²) in [7, 11) is 1.84. The second-order valence-electron chi connectivity index (χ2n) is 4.66. The van der Waals surface area contributed by atoms with Crippen LogP contribution in [-0.2, 0) is 4.79 Å². The standard InChI is InChI=1S/C11H23NO2.C2H6/c1-11(2,3)12(4)10(14)8-6-5-7-9-13;1-2/h13H,5-9H2,1-4H3;1-2H3. The maximum Gasteiger partial charge on any atom is 0.222 e. The zero-order valence-electron chi connectivity index (χ0n) is 11.8. The van der Waals surface area contributed by atoms with Crippen LogP contribution in [0.3, 0.4) is 0 Å². The molecule has 0 atom stereocenters. The Morgan fingerprint density at radius 1 is 1.12 bits per heavy atom. The number of aliphatic hydroxyl groups is 1. The van der Waals surface area contributed by atoms with Gasteiger partial charge < -0.3 is 10.0 Å². The topological polar surface area (TPSA) is 40.5 Å². The molecule has 0 aromatic carbocycles. The number of aliphatic hydroxyl groups excluding tert-OH is 1. The van der Waals surface area contributed by atoms with E-state index < -0.39 is 0 Å². The number of hydrogen-bond donors (Lipinski definition) is 1. The minimum atomic E-state index is -0.0892. The first kappa shape index (κ1) is 17.8. The predicted molar refractivity (Wildman–Crippen MR) is 69.4 cm³/mol. The van der Waals surface area contributed by atoms with Crippen LogP contribution in [0.5, 0.6) is 0 Å². The molecular formula is C13H29NO2. The van der Waals surface area contributed by atoms with E-state index in [2.05, 4.69) is 0 Å². The first-order valence-corrected chi connectivity index (χ1v) is 6.27. The van der Waals surface area contributed by atoms with Gasteiger partial charge in [-0.15, -0.1) is 0 Å². The van der Waals surface area contributed by atoms with Gasteiger partial charge in [-0.1, -0.05) is 20.3 Å². The molecule has 0 rings (SSSR count). The zero-order valence-corrected chi connectivity index (χ0v) is 11.8. The summed E-state index contributed by atoms with van der Waals surface area (Å²) in [5.41, 5.74) is -0.0892. The summed E-state index contributed by atoms with van der Waals surface area (Å²) in [6, 6.07) is 0. The van der Waals surface area contributed by atoms with Crippen molar-refractivity contribution in [3.05, 3.63) is 0 Å². The third-order valence-electron chi connectivity index (χ3n) is 2.43. The Hall–Kier alpha value is -0.570. The van der Waals surface area contributed by atoms with Crippen molar-refractivity contribution in [3.8, 4) is 0 Å². The summed E-state index contributed by atoms with van der Waals surface area (Å²) in [6.45, 7) is 10.3. The molecule has 0 heterocycles. The number of rotatable bonds is 5. The van der Waals surface area contributed by atoms with Crippen molar-refractivity contribution in [2.24, 2.45) is 0 Å². The Kier molecular flexibility index (Phi) is 10.7. The molecule has 1 N–H and O–H groups in total. The molecule has 3 heteroatoms. The van der Waals surface area contributed by atoms with Crippen LogP contribution in [0.15, 0.2) is 0 Å². The minimum Gasteiger partial charge on any atom is -0.396 e.